The Balaban J connectivity index is 1.87. The van der Waals surface area contributed by atoms with Crippen LogP contribution in [0.25, 0.3) is 0 Å². The normalized spacial score (nSPS) is 16.4. The number of hydrogen-bond acceptors (Lipinski definition) is 5. The van der Waals surface area contributed by atoms with Crippen molar-refractivity contribution in [3.05, 3.63) is 47.5 Å². The fourth-order valence-electron chi connectivity index (χ4n) is 1.90. The van der Waals surface area contributed by atoms with Crippen molar-refractivity contribution >= 4 is 10.1 Å². The van der Waals surface area contributed by atoms with Crippen LogP contribution in [-0.2, 0) is 37.0 Å². The van der Waals surface area contributed by atoms with Crippen molar-refractivity contribution in [2.24, 2.45) is 0 Å². The van der Waals surface area contributed by atoms with Gasteiger partial charge in [0.15, 0.2) is 6.29 Å². The Morgan fingerprint density at radius 1 is 1.30 bits per heavy atom. The van der Waals surface area contributed by atoms with Crippen molar-refractivity contribution in [2.75, 3.05) is 12.9 Å². The van der Waals surface area contributed by atoms with Crippen LogP contribution in [0, 0.1) is 0 Å². The van der Waals surface area contributed by atoms with Crippen molar-refractivity contribution in [2.45, 2.75) is 25.9 Å². The van der Waals surface area contributed by atoms with Gasteiger partial charge >= 0.3 is 0 Å². The second-order valence-corrected chi connectivity index (χ2v) is 6.30. The number of rotatable bonds is 5. The van der Waals surface area contributed by atoms with Gasteiger partial charge in [0.05, 0.1) is 26.1 Å². The molecule has 0 aromatic heterocycles. The van der Waals surface area contributed by atoms with Gasteiger partial charge in [-0.3, -0.25) is 4.18 Å². The maximum absolute atomic E-state index is 10.9. The molecule has 0 saturated carbocycles. The second kappa shape index (κ2) is 6.49. The lowest BCUT2D eigenvalue weighted by atomic mass is 10.1. The van der Waals surface area contributed by atoms with Gasteiger partial charge in [-0.1, -0.05) is 30.8 Å². The highest BCUT2D eigenvalue weighted by Gasteiger charge is 2.19. The van der Waals surface area contributed by atoms with E-state index in [1.807, 2.05) is 24.3 Å². The SMILES string of the molecule is C=C(CCOS(C)(=O)=O)C1OCc2ccccc2CO1. The standard InChI is InChI=1S/C14H18O5S/c1-11(7-8-19-20(2,15)16)14-17-9-12-5-3-4-6-13(12)10-18-14/h3-6,14H,1,7-10H2,2H3. The summed E-state index contributed by atoms with van der Waals surface area (Å²) in [4.78, 5) is 0. The van der Waals surface area contributed by atoms with E-state index in [-0.39, 0.29) is 6.61 Å². The Labute approximate surface area is 119 Å². The summed E-state index contributed by atoms with van der Waals surface area (Å²) in [6, 6.07) is 7.90. The van der Waals surface area contributed by atoms with Crippen LogP contribution in [0.3, 0.4) is 0 Å². The van der Waals surface area contributed by atoms with Crippen LogP contribution in [0.1, 0.15) is 17.5 Å². The molecular formula is C14H18O5S. The minimum Gasteiger partial charge on any atom is -0.344 e. The topological polar surface area (TPSA) is 61.8 Å². The molecule has 110 valence electrons. The molecule has 0 unspecified atom stereocenters. The van der Waals surface area contributed by atoms with Gasteiger partial charge in [-0.15, -0.1) is 0 Å². The van der Waals surface area contributed by atoms with Crippen LogP contribution in [0.4, 0.5) is 0 Å². The monoisotopic (exact) mass is 298 g/mol. The fourth-order valence-corrected chi connectivity index (χ4v) is 2.28. The van der Waals surface area contributed by atoms with Gasteiger partial charge in [0.1, 0.15) is 0 Å². The van der Waals surface area contributed by atoms with Crippen molar-refractivity contribution in [1.82, 2.24) is 0 Å². The van der Waals surface area contributed by atoms with Gasteiger partial charge in [0.25, 0.3) is 10.1 Å². The number of fused-ring (bicyclic) bond motifs is 1. The average Bonchev–Trinajstić information content (AvgIpc) is 2.59. The summed E-state index contributed by atoms with van der Waals surface area (Å²) in [5.74, 6) is 0. The quantitative estimate of drug-likeness (QED) is 0.614. The molecule has 6 heteroatoms. The Kier molecular flexibility index (Phi) is 4.93. The van der Waals surface area contributed by atoms with Crippen molar-refractivity contribution in [1.29, 1.82) is 0 Å². The first-order chi connectivity index (χ1) is 9.46. The summed E-state index contributed by atoms with van der Waals surface area (Å²) < 4.78 is 37.7. The summed E-state index contributed by atoms with van der Waals surface area (Å²) >= 11 is 0. The molecule has 0 spiro atoms. The van der Waals surface area contributed by atoms with E-state index >= 15 is 0 Å². The fraction of sp³-hybridized carbons (Fsp3) is 0.429. The van der Waals surface area contributed by atoms with E-state index in [9.17, 15) is 8.42 Å². The Morgan fingerprint density at radius 3 is 2.35 bits per heavy atom. The van der Waals surface area contributed by atoms with Crippen molar-refractivity contribution in [3.8, 4) is 0 Å². The van der Waals surface area contributed by atoms with E-state index in [0.717, 1.165) is 17.4 Å². The molecular weight excluding hydrogens is 280 g/mol. The zero-order chi connectivity index (χ0) is 14.6. The molecule has 0 atom stereocenters. The molecule has 20 heavy (non-hydrogen) atoms. The lowest BCUT2D eigenvalue weighted by Crippen LogP contribution is -2.18. The molecule has 0 bridgehead atoms. The second-order valence-electron chi connectivity index (χ2n) is 4.66. The van der Waals surface area contributed by atoms with Crippen LogP contribution >= 0.6 is 0 Å². The van der Waals surface area contributed by atoms with Gasteiger partial charge in [0.2, 0.25) is 0 Å². The minimum absolute atomic E-state index is 0.0494. The van der Waals surface area contributed by atoms with E-state index < -0.39 is 16.4 Å². The Bertz CT molecular complexity index is 552. The van der Waals surface area contributed by atoms with Gasteiger partial charge in [-0.25, -0.2) is 0 Å². The summed E-state index contributed by atoms with van der Waals surface area (Å²) in [5.41, 5.74) is 2.85. The maximum Gasteiger partial charge on any atom is 0.264 e. The molecule has 0 amide bonds. The zero-order valence-corrected chi connectivity index (χ0v) is 12.2. The molecule has 1 aromatic rings. The summed E-state index contributed by atoms with van der Waals surface area (Å²) in [7, 11) is -3.42. The molecule has 2 rings (SSSR count). The van der Waals surface area contributed by atoms with E-state index in [1.54, 1.807) is 0 Å². The lowest BCUT2D eigenvalue weighted by molar-refractivity contribution is -0.126. The van der Waals surface area contributed by atoms with Crippen LogP contribution < -0.4 is 0 Å². The molecule has 1 aromatic carbocycles. The molecule has 0 fully saturated rings. The molecule has 0 N–H and O–H groups in total. The van der Waals surface area contributed by atoms with Crippen LogP contribution in [0.2, 0.25) is 0 Å². The minimum atomic E-state index is -3.42. The predicted molar refractivity (Wildman–Crippen MR) is 74.4 cm³/mol. The Morgan fingerprint density at radius 2 is 1.85 bits per heavy atom. The summed E-state index contributed by atoms with van der Waals surface area (Å²) in [6.07, 6.45) is 0.852. The highest BCUT2D eigenvalue weighted by molar-refractivity contribution is 7.85. The zero-order valence-electron chi connectivity index (χ0n) is 11.4. The van der Waals surface area contributed by atoms with Crippen LogP contribution in [0.5, 0.6) is 0 Å². The highest BCUT2D eigenvalue weighted by atomic mass is 32.2. The first kappa shape index (κ1) is 15.2. The van der Waals surface area contributed by atoms with Gasteiger partial charge < -0.3 is 9.47 Å². The predicted octanol–water partition coefficient (Wildman–Crippen LogP) is 1.98. The summed E-state index contributed by atoms with van der Waals surface area (Å²) in [6.45, 7) is 4.83. The smallest absolute Gasteiger partial charge is 0.264 e. The van der Waals surface area contributed by atoms with Crippen molar-refractivity contribution in [3.63, 3.8) is 0 Å². The van der Waals surface area contributed by atoms with E-state index in [4.69, 9.17) is 9.47 Å². The van der Waals surface area contributed by atoms with Gasteiger partial charge in [-0.2, -0.15) is 8.42 Å². The largest absolute Gasteiger partial charge is 0.344 e. The summed E-state index contributed by atoms with van der Waals surface area (Å²) in [5, 5.41) is 0. The van der Waals surface area contributed by atoms with E-state index in [1.165, 1.54) is 0 Å². The highest BCUT2D eigenvalue weighted by Crippen LogP contribution is 2.22. The maximum atomic E-state index is 10.9. The molecule has 1 aliphatic heterocycles. The van der Waals surface area contributed by atoms with Gasteiger partial charge in [-0.05, 0) is 23.1 Å². The molecule has 1 aliphatic rings. The third-order valence-corrected chi connectivity index (χ3v) is 3.55. The molecule has 0 radical (unpaired) electrons. The molecule has 0 aliphatic carbocycles. The van der Waals surface area contributed by atoms with E-state index in [0.29, 0.717) is 25.2 Å². The van der Waals surface area contributed by atoms with E-state index in [2.05, 4.69) is 10.8 Å². The third-order valence-electron chi connectivity index (χ3n) is 2.95. The number of ether oxygens (including phenoxy) is 2. The number of hydrogen-bond donors (Lipinski definition) is 0. The molecule has 1 heterocycles. The third kappa shape index (κ3) is 4.42. The Hall–Kier alpha value is -1.21. The van der Waals surface area contributed by atoms with Crippen LogP contribution in [0.15, 0.2) is 36.4 Å². The first-order valence-corrected chi connectivity index (χ1v) is 8.09. The average molecular weight is 298 g/mol. The first-order valence-electron chi connectivity index (χ1n) is 6.28. The number of benzene rings is 1. The molecule has 5 nitrogen and oxygen atoms in total. The molecule has 0 saturated heterocycles. The van der Waals surface area contributed by atoms with Crippen molar-refractivity contribution < 1.29 is 22.1 Å². The lowest BCUT2D eigenvalue weighted by Gasteiger charge is -2.17. The van der Waals surface area contributed by atoms with Gasteiger partial charge in [0, 0.05) is 0 Å². The van der Waals surface area contributed by atoms with Crippen LogP contribution in [-0.4, -0.2) is 27.6 Å².